The van der Waals surface area contributed by atoms with Crippen LogP contribution in [0.3, 0.4) is 0 Å². The van der Waals surface area contributed by atoms with Crippen LogP contribution in [0.1, 0.15) is 15.9 Å². The van der Waals surface area contributed by atoms with E-state index in [0.717, 1.165) is 5.56 Å². The van der Waals surface area contributed by atoms with Crippen LogP contribution in [0.4, 0.5) is 13.2 Å². The number of halogens is 4. The van der Waals surface area contributed by atoms with Gasteiger partial charge in [0.2, 0.25) is 0 Å². The van der Waals surface area contributed by atoms with E-state index in [1.165, 1.54) is 12.1 Å². The van der Waals surface area contributed by atoms with Gasteiger partial charge in [0.25, 0.3) is 5.91 Å². The van der Waals surface area contributed by atoms with Crippen LogP contribution in [0.15, 0.2) is 53.0 Å². The molecule has 0 spiro atoms. The van der Waals surface area contributed by atoms with Gasteiger partial charge in [-0.2, -0.15) is 13.2 Å². The second-order valence-corrected chi connectivity index (χ2v) is 5.56. The Hall–Kier alpha value is -2.02. The molecule has 2 aromatic carbocycles. The minimum Gasteiger partial charge on any atom is -0.484 e. The van der Waals surface area contributed by atoms with Crippen LogP contribution < -0.4 is 10.1 Å². The average molecular weight is 388 g/mol. The number of nitrogens with one attached hydrogen (secondary N) is 1. The first-order chi connectivity index (χ1) is 10.8. The number of carbonyl (C=O) groups excluding carboxylic acids is 1. The fourth-order valence-corrected chi connectivity index (χ4v) is 2.26. The predicted molar refractivity (Wildman–Crippen MR) is 83.3 cm³/mol. The van der Waals surface area contributed by atoms with Crippen LogP contribution in [-0.4, -0.2) is 18.7 Å². The Kier molecular flexibility index (Phi) is 5.65. The van der Waals surface area contributed by atoms with E-state index in [1.54, 1.807) is 36.4 Å². The zero-order valence-electron chi connectivity index (χ0n) is 11.9. The maximum atomic E-state index is 12.0. The van der Waals surface area contributed by atoms with E-state index in [2.05, 4.69) is 26.0 Å². The van der Waals surface area contributed by atoms with E-state index in [1.807, 2.05) is 0 Å². The zero-order chi connectivity index (χ0) is 16.9. The Morgan fingerprint density at radius 1 is 1.09 bits per heavy atom. The molecule has 0 aromatic heterocycles. The summed E-state index contributed by atoms with van der Waals surface area (Å²) in [5, 5.41) is 2.74. The molecule has 7 heteroatoms. The lowest BCUT2D eigenvalue weighted by Crippen LogP contribution is -2.23. The molecule has 0 aliphatic rings. The monoisotopic (exact) mass is 387 g/mol. The van der Waals surface area contributed by atoms with Gasteiger partial charge in [-0.15, -0.1) is 0 Å². The third kappa shape index (κ3) is 5.59. The van der Waals surface area contributed by atoms with Gasteiger partial charge in [-0.25, -0.2) is 0 Å². The lowest BCUT2D eigenvalue weighted by atomic mass is 10.2. The number of ether oxygens (including phenoxy) is 1. The molecule has 0 bridgehead atoms. The molecule has 0 heterocycles. The van der Waals surface area contributed by atoms with E-state index in [0.29, 0.717) is 10.0 Å². The standard InChI is InChI=1S/C16H13BrF3NO2/c17-14-4-2-1-3-13(14)15(22)21-9-11-5-7-12(8-6-11)23-10-16(18,19)20/h1-8H,9-10H2,(H,21,22). The Labute approximate surface area is 139 Å². The molecule has 0 aliphatic carbocycles. The zero-order valence-corrected chi connectivity index (χ0v) is 13.4. The molecule has 2 rings (SSSR count). The van der Waals surface area contributed by atoms with Crippen molar-refractivity contribution in [2.45, 2.75) is 12.7 Å². The number of amides is 1. The number of benzene rings is 2. The van der Waals surface area contributed by atoms with Gasteiger partial charge >= 0.3 is 6.18 Å². The molecule has 1 N–H and O–H groups in total. The Morgan fingerprint density at radius 3 is 2.35 bits per heavy atom. The largest absolute Gasteiger partial charge is 0.484 e. The summed E-state index contributed by atoms with van der Waals surface area (Å²) in [6.07, 6.45) is -4.37. The minimum atomic E-state index is -4.37. The van der Waals surface area contributed by atoms with Crippen molar-refractivity contribution in [2.24, 2.45) is 0 Å². The molecule has 3 nitrogen and oxygen atoms in total. The molecule has 0 radical (unpaired) electrons. The normalized spacial score (nSPS) is 11.1. The summed E-state index contributed by atoms with van der Waals surface area (Å²) in [5.41, 5.74) is 1.27. The number of hydrogen-bond acceptors (Lipinski definition) is 2. The summed E-state index contributed by atoms with van der Waals surface area (Å²) in [7, 11) is 0. The van der Waals surface area contributed by atoms with Crippen LogP contribution in [0.2, 0.25) is 0 Å². The van der Waals surface area contributed by atoms with Crippen molar-refractivity contribution in [1.29, 1.82) is 0 Å². The fraction of sp³-hybridized carbons (Fsp3) is 0.188. The lowest BCUT2D eigenvalue weighted by Gasteiger charge is -2.10. The second kappa shape index (κ2) is 7.50. The molecule has 0 aliphatic heterocycles. The fourth-order valence-electron chi connectivity index (χ4n) is 1.79. The van der Waals surface area contributed by atoms with E-state index in [-0.39, 0.29) is 18.2 Å². The van der Waals surface area contributed by atoms with Crippen molar-refractivity contribution in [3.05, 3.63) is 64.1 Å². The number of alkyl halides is 3. The average Bonchev–Trinajstić information content (AvgIpc) is 2.51. The van der Waals surface area contributed by atoms with Crippen LogP contribution in [0.25, 0.3) is 0 Å². The van der Waals surface area contributed by atoms with Crippen LogP contribution in [0, 0.1) is 0 Å². The lowest BCUT2D eigenvalue weighted by molar-refractivity contribution is -0.153. The second-order valence-electron chi connectivity index (χ2n) is 4.71. The Bertz CT molecular complexity index is 672. The summed E-state index contributed by atoms with van der Waals surface area (Å²) in [6.45, 7) is -1.06. The predicted octanol–water partition coefficient (Wildman–Crippen LogP) is 4.32. The molecular formula is C16H13BrF3NO2. The van der Waals surface area contributed by atoms with E-state index < -0.39 is 12.8 Å². The van der Waals surface area contributed by atoms with Crippen molar-refractivity contribution in [3.8, 4) is 5.75 Å². The third-order valence-electron chi connectivity index (χ3n) is 2.90. The highest BCUT2D eigenvalue weighted by Crippen LogP contribution is 2.19. The number of hydrogen-bond donors (Lipinski definition) is 1. The van der Waals surface area contributed by atoms with Gasteiger partial charge < -0.3 is 10.1 Å². The molecule has 0 fully saturated rings. The summed E-state index contributed by atoms with van der Waals surface area (Å²) >= 11 is 3.30. The van der Waals surface area contributed by atoms with Crippen LogP contribution >= 0.6 is 15.9 Å². The van der Waals surface area contributed by atoms with Crippen molar-refractivity contribution < 1.29 is 22.7 Å². The van der Waals surface area contributed by atoms with Crippen molar-refractivity contribution in [2.75, 3.05) is 6.61 Å². The quantitative estimate of drug-likeness (QED) is 0.829. The van der Waals surface area contributed by atoms with Crippen molar-refractivity contribution in [1.82, 2.24) is 5.32 Å². The molecule has 122 valence electrons. The first kappa shape index (κ1) is 17.3. The maximum Gasteiger partial charge on any atom is 0.422 e. The highest BCUT2D eigenvalue weighted by atomic mass is 79.9. The minimum absolute atomic E-state index is 0.128. The highest BCUT2D eigenvalue weighted by molar-refractivity contribution is 9.10. The van der Waals surface area contributed by atoms with E-state index >= 15 is 0 Å². The molecule has 0 atom stereocenters. The molecule has 23 heavy (non-hydrogen) atoms. The summed E-state index contributed by atoms with van der Waals surface area (Å²) < 4.78 is 41.4. The molecular weight excluding hydrogens is 375 g/mol. The smallest absolute Gasteiger partial charge is 0.422 e. The highest BCUT2D eigenvalue weighted by Gasteiger charge is 2.28. The number of rotatable bonds is 5. The molecule has 2 aromatic rings. The van der Waals surface area contributed by atoms with Crippen LogP contribution in [0.5, 0.6) is 5.75 Å². The van der Waals surface area contributed by atoms with Gasteiger partial charge in [0.15, 0.2) is 6.61 Å². The molecule has 1 amide bonds. The molecule has 0 saturated heterocycles. The van der Waals surface area contributed by atoms with E-state index in [9.17, 15) is 18.0 Å². The van der Waals surface area contributed by atoms with Gasteiger partial charge in [0.1, 0.15) is 5.75 Å². The third-order valence-corrected chi connectivity index (χ3v) is 3.59. The first-order valence-corrected chi connectivity index (χ1v) is 7.46. The van der Waals surface area contributed by atoms with E-state index in [4.69, 9.17) is 0 Å². The Morgan fingerprint density at radius 2 is 1.74 bits per heavy atom. The van der Waals surface area contributed by atoms with Gasteiger partial charge in [-0.05, 0) is 45.8 Å². The van der Waals surface area contributed by atoms with Gasteiger partial charge in [-0.1, -0.05) is 24.3 Å². The first-order valence-electron chi connectivity index (χ1n) is 6.66. The summed E-state index contributed by atoms with van der Waals surface area (Å²) in [4.78, 5) is 12.0. The maximum absolute atomic E-state index is 12.0. The van der Waals surface area contributed by atoms with Gasteiger partial charge in [0.05, 0.1) is 5.56 Å². The van der Waals surface area contributed by atoms with Gasteiger partial charge in [-0.3, -0.25) is 4.79 Å². The van der Waals surface area contributed by atoms with Crippen LogP contribution in [-0.2, 0) is 6.54 Å². The molecule has 0 unspecified atom stereocenters. The summed E-state index contributed by atoms with van der Waals surface area (Å²) in [6, 6.07) is 13.1. The Balaban J connectivity index is 1.89. The van der Waals surface area contributed by atoms with Gasteiger partial charge in [0, 0.05) is 11.0 Å². The molecule has 0 saturated carbocycles. The number of carbonyl (C=O) groups is 1. The van der Waals surface area contributed by atoms with Crippen molar-refractivity contribution in [3.63, 3.8) is 0 Å². The SMILES string of the molecule is O=C(NCc1ccc(OCC(F)(F)F)cc1)c1ccccc1Br. The van der Waals surface area contributed by atoms with Crippen molar-refractivity contribution >= 4 is 21.8 Å². The summed E-state index contributed by atoms with van der Waals surface area (Å²) in [5.74, 6) is -0.113. The topological polar surface area (TPSA) is 38.3 Å².